The first kappa shape index (κ1) is 17.7. The lowest BCUT2D eigenvalue weighted by Gasteiger charge is -2.06. The molecular formula is C9H12F3N3O4S2. The third-order valence-electron chi connectivity index (χ3n) is 2.31. The summed E-state index contributed by atoms with van der Waals surface area (Å²) in [6.45, 7) is -0.400. The maximum Gasteiger partial charge on any atom is 0.389 e. The minimum Gasteiger partial charge on any atom is -0.374 e. The van der Waals surface area contributed by atoms with Crippen LogP contribution in [-0.4, -0.2) is 33.1 Å². The SMILES string of the molecule is CNc1sc(S(=O)(=O)NCCCC(F)(F)F)cc1[N+](=O)[O-]. The molecular weight excluding hydrogens is 335 g/mol. The van der Waals surface area contributed by atoms with E-state index < -0.39 is 46.2 Å². The number of thiophene rings is 1. The monoisotopic (exact) mass is 347 g/mol. The highest BCUT2D eigenvalue weighted by molar-refractivity contribution is 7.91. The zero-order chi connectivity index (χ0) is 16.3. The highest BCUT2D eigenvalue weighted by Crippen LogP contribution is 2.36. The van der Waals surface area contributed by atoms with E-state index in [4.69, 9.17) is 0 Å². The fraction of sp³-hybridized carbons (Fsp3) is 0.556. The molecule has 0 saturated carbocycles. The molecule has 0 aliphatic carbocycles. The average Bonchev–Trinajstić information content (AvgIpc) is 2.78. The van der Waals surface area contributed by atoms with E-state index in [-0.39, 0.29) is 9.21 Å². The lowest BCUT2D eigenvalue weighted by molar-refractivity contribution is -0.383. The van der Waals surface area contributed by atoms with Gasteiger partial charge < -0.3 is 5.32 Å². The van der Waals surface area contributed by atoms with Crippen LogP contribution < -0.4 is 10.0 Å². The molecule has 0 saturated heterocycles. The minimum absolute atomic E-state index is 0.0515. The number of nitro groups is 1. The zero-order valence-electron chi connectivity index (χ0n) is 10.7. The highest BCUT2D eigenvalue weighted by atomic mass is 32.2. The van der Waals surface area contributed by atoms with Gasteiger partial charge in [-0.1, -0.05) is 11.3 Å². The molecule has 1 heterocycles. The Morgan fingerprint density at radius 3 is 2.48 bits per heavy atom. The standard InChI is InChI=1S/C9H12F3N3O4S2/c1-13-8-6(15(16)17)5-7(20-8)21(18,19)14-4-2-3-9(10,11)12/h5,13-14H,2-4H2,1H3. The summed E-state index contributed by atoms with van der Waals surface area (Å²) in [5, 5.41) is 13.3. The van der Waals surface area contributed by atoms with Gasteiger partial charge in [-0.3, -0.25) is 10.1 Å². The molecule has 0 spiro atoms. The van der Waals surface area contributed by atoms with E-state index in [1.807, 2.05) is 4.72 Å². The second-order valence-electron chi connectivity index (χ2n) is 3.90. The molecule has 1 aromatic heterocycles. The molecule has 12 heteroatoms. The van der Waals surface area contributed by atoms with Gasteiger partial charge in [-0.2, -0.15) is 13.2 Å². The number of alkyl halides is 3. The second kappa shape index (κ2) is 6.58. The molecule has 0 aromatic carbocycles. The quantitative estimate of drug-likeness (QED) is 0.448. The number of anilines is 1. The Balaban J connectivity index is 2.77. The van der Waals surface area contributed by atoms with E-state index in [1.165, 1.54) is 7.05 Å². The molecule has 1 rings (SSSR count). The fourth-order valence-electron chi connectivity index (χ4n) is 1.37. The smallest absolute Gasteiger partial charge is 0.374 e. The topological polar surface area (TPSA) is 101 Å². The third kappa shape index (κ3) is 5.13. The average molecular weight is 347 g/mol. The van der Waals surface area contributed by atoms with Crippen LogP contribution in [0.3, 0.4) is 0 Å². The largest absolute Gasteiger partial charge is 0.389 e. The Morgan fingerprint density at radius 2 is 2.05 bits per heavy atom. The van der Waals surface area contributed by atoms with Gasteiger partial charge in [-0.15, -0.1) is 0 Å². The molecule has 0 aliphatic rings. The first-order chi connectivity index (χ1) is 9.57. The number of nitrogens with one attached hydrogen (secondary N) is 2. The van der Waals surface area contributed by atoms with Crippen molar-refractivity contribution in [3.8, 4) is 0 Å². The summed E-state index contributed by atoms with van der Waals surface area (Å²) in [6, 6.07) is 0.864. The van der Waals surface area contributed by atoms with Gasteiger partial charge in [0.05, 0.1) is 4.92 Å². The molecule has 0 aliphatic heterocycles. The van der Waals surface area contributed by atoms with Crippen LogP contribution in [0.2, 0.25) is 0 Å². The van der Waals surface area contributed by atoms with Crippen LogP contribution in [0.5, 0.6) is 0 Å². The van der Waals surface area contributed by atoms with Crippen LogP contribution in [0.15, 0.2) is 10.3 Å². The van der Waals surface area contributed by atoms with Crippen molar-refractivity contribution in [2.75, 3.05) is 18.9 Å². The maximum atomic E-state index is 11.9. The van der Waals surface area contributed by atoms with Crippen molar-refractivity contribution in [2.24, 2.45) is 0 Å². The molecule has 0 amide bonds. The number of rotatable bonds is 7. The molecule has 0 radical (unpaired) electrons. The van der Waals surface area contributed by atoms with E-state index in [0.29, 0.717) is 11.3 Å². The maximum absolute atomic E-state index is 11.9. The van der Waals surface area contributed by atoms with Gasteiger partial charge >= 0.3 is 11.9 Å². The predicted octanol–water partition coefficient (Wildman–Crippen LogP) is 2.32. The van der Waals surface area contributed by atoms with E-state index in [0.717, 1.165) is 6.07 Å². The van der Waals surface area contributed by atoms with E-state index in [2.05, 4.69) is 5.32 Å². The first-order valence-electron chi connectivity index (χ1n) is 5.59. The molecule has 0 atom stereocenters. The lowest BCUT2D eigenvalue weighted by atomic mass is 10.3. The third-order valence-corrected chi connectivity index (χ3v) is 5.38. The Bertz CT molecular complexity index is 612. The molecule has 2 N–H and O–H groups in total. The summed E-state index contributed by atoms with van der Waals surface area (Å²) in [5.41, 5.74) is -0.404. The Morgan fingerprint density at radius 1 is 1.43 bits per heavy atom. The summed E-state index contributed by atoms with van der Waals surface area (Å²) in [7, 11) is -2.67. The van der Waals surface area contributed by atoms with E-state index in [9.17, 15) is 31.7 Å². The molecule has 0 fully saturated rings. The van der Waals surface area contributed by atoms with Crippen LogP contribution in [-0.2, 0) is 10.0 Å². The van der Waals surface area contributed by atoms with E-state index >= 15 is 0 Å². The van der Waals surface area contributed by atoms with Gasteiger partial charge in [0.1, 0.15) is 4.21 Å². The van der Waals surface area contributed by atoms with Gasteiger partial charge in [-0.25, -0.2) is 13.1 Å². The predicted molar refractivity (Wildman–Crippen MR) is 71.0 cm³/mol. The van der Waals surface area contributed by atoms with Crippen molar-refractivity contribution < 1.29 is 26.5 Å². The Kier molecular flexibility index (Phi) is 5.53. The molecule has 21 heavy (non-hydrogen) atoms. The Labute approximate surface area is 122 Å². The normalized spacial score (nSPS) is 12.4. The van der Waals surface area contributed by atoms with E-state index in [1.54, 1.807) is 0 Å². The van der Waals surface area contributed by atoms with Gasteiger partial charge in [0.2, 0.25) is 10.0 Å². The lowest BCUT2D eigenvalue weighted by Crippen LogP contribution is -2.25. The highest BCUT2D eigenvalue weighted by Gasteiger charge is 2.28. The van der Waals surface area contributed by atoms with Crippen molar-refractivity contribution in [1.29, 1.82) is 0 Å². The van der Waals surface area contributed by atoms with Crippen LogP contribution in [0.4, 0.5) is 23.9 Å². The molecule has 120 valence electrons. The minimum atomic E-state index is -4.35. The number of sulfonamides is 1. The second-order valence-corrected chi connectivity index (χ2v) is 6.95. The van der Waals surface area contributed by atoms with Crippen LogP contribution in [0.25, 0.3) is 0 Å². The summed E-state index contributed by atoms with van der Waals surface area (Å²) < 4.78 is 61.1. The van der Waals surface area contributed by atoms with Gasteiger partial charge in [-0.05, 0) is 6.42 Å². The number of nitrogens with zero attached hydrogens (tertiary/aromatic N) is 1. The summed E-state index contributed by atoms with van der Waals surface area (Å²) >= 11 is 0.633. The van der Waals surface area contributed by atoms with Gasteiger partial charge in [0, 0.05) is 26.1 Å². The molecule has 0 unspecified atom stereocenters. The van der Waals surface area contributed by atoms with Gasteiger partial charge in [0.15, 0.2) is 5.00 Å². The first-order valence-corrected chi connectivity index (χ1v) is 7.89. The van der Waals surface area contributed by atoms with Crippen molar-refractivity contribution in [3.63, 3.8) is 0 Å². The van der Waals surface area contributed by atoms with Crippen molar-refractivity contribution >= 4 is 32.0 Å². The number of hydrogen-bond acceptors (Lipinski definition) is 6. The summed E-state index contributed by atoms with van der Waals surface area (Å²) in [5.74, 6) is 0. The van der Waals surface area contributed by atoms with Crippen LogP contribution in [0.1, 0.15) is 12.8 Å². The Hall–Kier alpha value is -1.40. The molecule has 1 aromatic rings. The number of hydrogen-bond donors (Lipinski definition) is 2. The molecule has 7 nitrogen and oxygen atoms in total. The fourth-order valence-corrected chi connectivity index (χ4v) is 3.77. The summed E-state index contributed by atoms with van der Waals surface area (Å²) in [6.07, 6.45) is -5.87. The van der Waals surface area contributed by atoms with Crippen molar-refractivity contribution in [3.05, 3.63) is 16.2 Å². The van der Waals surface area contributed by atoms with Gasteiger partial charge in [0.25, 0.3) is 0 Å². The molecule has 0 bridgehead atoms. The van der Waals surface area contributed by atoms with Crippen LogP contribution in [0, 0.1) is 10.1 Å². The number of halogens is 3. The summed E-state index contributed by atoms with van der Waals surface area (Å²) in [4.78, 5) is 9.98. The van der Waals surface area contributed by atoms with Crippen molar-refractivity contribution in [1.82, 2.24) is 4.72 Å². The zero-order valence-corrected chi connectivity index (χ0v) is 12.4. The van der Waals surface area contributed by atoms with Crippen LogP contribution >= 0.6 is 11.3 Å². The van der Waals surface area contributed by atoms with Crippen molar-refractivity contribution in [2.45, 2.75) is 23.2 Å².